The van der Waals surface area contributed by atoms with Gasteiger partial charge in [0.15, 0.2) is 0 Å². The molecule has 0 aliphatic rings. The number of aliphatic carboxylic acids is 1. The van der Waals surface area contributed by atoms with E-state index in [0.717, 1.165) is 12.8 Å². The van der Waals surface area contributed by atoms with Crippen LogP contribution in [0.25, 0.3) is 0 Å². The molecule has 1 unspecified atom stereocenters. The molecule has 0 aliphatic carbocycles. The Kier molecular flexibility index (Phi) is 16.1. The Morgan fingerprint density at radius 3 is 1.71 bits per heavy atom. The van der Waals surface area contributed by atoms with Gasteiger partial charge in [-0.15, -0.1) is 0 Å². The fourth-order valence-corrected chi connectivity index (χ4v) is 3.03. The van der Waals surface area contributed by atoms with E-state index in [1.807, 2.05) is 0 Å². The average Bonchev–Trinajstić information content (AvgIpc) is 2.45. The van der Waals surface area contributed by atoms with Gasteiger partial charge in [-0.3, -0.25) is 4.79 Å². The summed E-state index contributed by atoms with van der Waals surface area (Å²) in [5.74, 6) is -0.664. The van der Waals surface area contributed by atoms with E-state index in [4.69, 9.17) is 5.11 Å². The van der Waals surface area contributed by atoms with Crippen LogP contribution in [0.1, 0.15) is 103 Å². The molecule has 0 saturated carbocycles. The maximum absolute atomic E-state index is 10.4. The van der Waals surface area contributed by atoms with Crippen LogP contribution in [0.4, 0.5) is 0 Å². The van der Waals surface area contributed by atoms with Crippen molar-refractivity contribution in [2.45, 2.75) is 108 Å². The van der Waals surface area contributed by atoms with Gasteiger partial charge in [-0.1, -0.05) is 77.6 Å². The molecule has 0 amide bonds. The SMILES string of the molecule is CCCCCCCCC(S)CCCCCCCCC(=O)O. The number of thiol groups is 1. The van der Waals surface area contributed by atoms with Gasteiger partial charge in [0.1, 0.15) is 0 Å². The molecule has 3 heteroatoms. The van der Waals surface area contributed by atoms with Crippen molar-refractivity contribution in [3.63, 3.8) is 0 Å². The molecule has 0 aliphatic heterocycles. The maximum Gasteiger partial charge on any atom is 0.303 e. The van der Waals surface area contributed by atoms with Gasteiger partial charge < -0.3 is 5.11 Å². The lowest BCUT2D eigenvalue weighted by molar-refractivity contribution is -0.137. The number of hydrogen-bond acceptors (Lipinski definition) is 2. The molecule has 0 aromatic carbocycles. The first-order chi connectivity index (χ1) is 10.2. The zero-order chi connectivity index (χ0) is 15.8. The Hall–Kier alpha value is -0.180. The number of hydrogen-bond donors (Lipinski definition) is 2. The molecular formula is C18H36O2S. The highest BCUT2D eigenvalue weighted by atomic mass is 32.1. The van der Waals surface area contributed by atoms with Crippen molar-refractivity contribution in [3.8, 4) is 0 Å². The summed E-state index contributed by atoms with van der Waals surface area (Å²) in [4.78, 5) is 10.4. The summed E-state index contributed by atoms with van der Waals surface area (Å²) >= 11 is 4.69. The lowest BCUT2D eigenvalue weighted by Crippen LogP contribution is -1.98. The Morgan fingerprint density at radius 1 is 0.810 bits per heavy atom. The normalized spacial score (nSPS) is 12.5. The van der Waals surface area contributed by atoms with Crippen molar-refractivity contribution in [2.75, 3.05) is 0 Å². The van der Waals surface area contributed by atoms with Crippen molar-refractivity contribution >= 4 is 18.6 Å². The monoisotopic (exact) mass is 316 g/mol. The minimum atomic E-state index is -0.664. The topological polar surface area (TPSA) is 37.3 Å². The Bertz CT molecular complexity index is 231. The lowest BCUT2D eigenvalue weighted by atomic mass is 10.0. The van der Waals surface area contributed by atoms with Gasteiger partial charge in [0.05, 0.1) is 0 Å². The van der Waals surface area contributed by atoms with Crippen molar-refractivity contribution in [3.05, 3.63) is 0 Å². The minimum absolute atomic E-state index is 0.330. The van der Waals surface area contributed by atoms with Gasteiger partial charge >= 0.3 is 5.97 Å². The number of rotatable bonds is 16. The summed E-state index contributed by atoms with van der Waals surface area (Å²) in [5, 5.41) is 9.12. The molecule has 0 rings (SSSR count). The molecule has 126 valence electrons. The molecule has 2 nitrogen and oxygen atoms in total. The highest BCUT2D eigenvalue weighted by molar-refractivity contribution is 7.80. The highest BCUT2D eigenvalue weighted by Crippen LogP contribution is 2.17. The van der Waals surface area contributed by atoms with Gasteiger partial charge in [0.2, 0.25) is 0 Å². The van der Waals surface area contributed by atoms with E-state index in [1.165, 1.54) is 77.0 Å². The van der Waals surface area contributed by atoms with E-state index >= 15 is 0 Å². The van der Waals surface area contributed by atoms with E-state index in [1.54, 1.807) is 0 Å². The number of carboxylic acid groups (broad SMARTS) is 1. The fourth-order valence-electron chi connectivity index (χ4n) is 2.67. The second-order valence-electron chi connectivity index (χ2n) is 6.26. The fraction of sp³-hybridized carbons (Fsp3) is 0.944. The first kappa shape index (κ1) is 20.8. The van der Waals surface area contributed by atoms with Gasteiger partial charge in [-0.05, 0) is 19.3 Å². The summed E-state index contributed by atoms with van der Waals surface area (Å²) in [6, 6.07) is 0. The van der Waals surface area contributed by atoms with Crippen LogP contribution < -0.4 is 0 Å². The first-order valence-electron chi connectivity index (χ1n) is 9.06. The Labute approximate surface area is 137 Å². The molecule has 21 heavy (non-hydrogen) atoms. The van der Waals surface area contributed by atoms with E-state index in [0.29, 0.717) is 11.7 Å². The Morgan fingerprint density at radius 2 is 1.24 bits per heavy atom. The molecule has 0 aromatic heterocycles. The third kappa shape index (κ3) is 17.8. The zero-order valence-electron chi connectivity index (χ0n) is 14.0. The molecule has 0 aromatic rings. The first-order valence-corrected chi connectivity index (χ1v) is 9.58. The standard InChI is InChI=1S/C18H36O2S/c1-2-3-4-5-8-11-14-17(21)15-12-9-6-7-10-13-16-18(19)20/h17,21H,2-16H2,1H3,(H,19,20). The van der Waals surface area contributed by atoms with E-state index < -0.39 is 5.97 Å². The van der Waals surface area contributed by atoms with E-state index in [9.17, 15) is 4.79 Å². The predicted octanol–water partition coefficient (Wildman–Crippen LogP) is 6.24. The van der Waals surface area contributed by atoms with Crippen molar-refractivity contribution in [2.24, 2.45) is 0 Å². The van der Waals surface area contributed by atoms with E-state index in [2.05, 4.69) is 19.6 Å². The summed E-state index contributed by atoms with van der Waals surface area (Å²) in [6.07, 6.45) is 18.0. The van der Waals surface area contributed by atoms with Gasteiger partial charge in [-0.2, -0.15) is 12.6 Å². The molecule has 0 saturated heterocycles. The zero-order valence-corrected chi connectivity index (χ0v) is 14.9. The third-order valence-corrected chi connectivity index (χ3v) is 4.59. The molecule has 0 bridgehead atoms. The van der Waals surface area contributed by atoms with Crippen molar-refractivity contribution < 1.29 is 9.90 Å². The van der Waals surface area contributed by atoms with Gasteiger partial charge in [0.25, 0.3) is 0 Å². The quantitative estimate of drug-likeness (QED) is 0.261. The largest absolute Gasteiger partial charge is 0.481 e. The summed E-state index contributed by atoms with van der Waals surface area (Å²) < 4.78 is 0. The summed E-state index contributed by atoms with van der Waals surface area (Å²) in [7, 11) is 0. The van der Waals surface area contributed by atoms with Gasteiger partial charge in [-0.25, -0.2) is 0 Å². The molecule has 0 heterocycles. The lowest BCUT2D eigenvalue weighted by Gasteiger charge is -2.10. The van der Waals surface area contributed by atoms with Crippen molar-refractivity contribution in [1.82, 2.24) is 0 Å². The summed E-state index contributed by atoms with van der Waals surface area (Å²) in [5.41, 5.74) is 0. The van der Waals surface area contributed by atoms with Crippen LogP contribution in [0.3, 0.4) is 0 Å². The maximum atomic E-state index is 10.4. The molecule has 0 radical (unpaired) electrons. The smallest absolute Gasteiger partial charge is 0.303 e. The average molecular weight is 317 g/mol. The minimum Gasteiger partial charge on any atom is -0.481 e. The van der Waals surface area contributed by atoms with Crippen LogP contribution in [-0.2, 0) is 4.79 Å². The second-order valence-corrected chi connectivity index (χ2v) is 6.99. The molecule has 1 N–H and O–H groups in total. The molecule has 1 atom stereocenters. The molecule has 0 spiro atoms. The van der Waals surface area contributed by atoms with Crippen LogP contribution >= 0.6 is 12.6 Å². The predicted molar refractivity (Wildman–Crippen MR) is 95.3 cm³/mol. The molecular weight excluding hydrogens is 280 g/mol. The van der Waals surface area contributed by atoms with Crippen molar-refractivity contribution in [1.29, 1.82) is 0 Å². The van der Waals surface area contributed by atoms with E-state index in [-0.39, 0.29) is 0 Å². The third-order valence-electron chi connectivity index (χ3n) is 4.07. The summed E-state index contributed by atoms with van der Waals surface area (Å²) in [6.45, 7) is 2.26. The van der Waals surface area contributed by atoms with Crippen LogP contribution in [0.5, 0.6) is 0 Å². The highest BCUT2D eigenvalue weighted by Gasteiger charge is 2.03. The molecule has 0 fully saturated rings. The van der Waals surface area contributed by atoms with Crippen LogP contribution in [0, 0.1) is 0 Å². The van der Waals surface area contributed by atoms with Crippen LogP contribution in [0.15, 0.2) is 0 Å². The number of carboxylic acids is 1. The van der Waals surface area contributed by atoms with Gasteiger partial charge in [0, 0.05) is 11.7 Å². The number of unbranched alkanes of at least 4 members (excludes halogenated alkanes) is 10. The Balaban J connectivity index is 3.15. The van der Waals surface area contributed by atoms with Crippen LogP contribution in [-0.4, -0.2) is 16.3 Å². The van der Waals surface area contributed by atoms with Crippen LogP contribution in [0.2, 0.25) is 0 Å². The second kappa shape index (κ2) is 16.2. The number of carbonyl (C=O) groups is 1.